The highest BCUT2D eigenvalue weighted by atomic mass is 32.2. The molecular formula is C18H20N2O7S2. The number of hydrogen-bond acceptors (Lipinski definition) is 8. The van der Waals surface area contributed by atoms with Crippen LogP contribution in [0, 0.1) is 0 Å². The minimum atomic E-state index is -3.24. The van der Waals surface area contributed by atoms with Gasteiger partial charge in [-0.05, 0) is 31.0 Å². The second-order valence-electron chi connectivity index (χ2n) is 6.46. The topological polar surface area (TPSA) is 123 Å². The number of hydrogen-bond donors (Lipinski definition) is 1. The van der Waals surface area contributed by atoms with Gasteiger partial charge in [-0.25, -0.2) is 13.2 Å². The second-order valence-corrected chi connectivity index (χ2v) is 9.75. The Labute approximate surface area is 171 Å². The summed E-state index contributed by atoms with van der Waals surface area (Å²) >= 11 is 1.05. The first kappa shape index (κ1) is 21.1. The molecule has 1 aliphatic rings. The molecule has 156 valence electrons. The molecule has 0 spiro atoms. The summed E-state index contributed by atoms with van der Waals surface area (Å²) in [6, 6.07) is 3.06. The van der Waals surface area contributed by atoms with E-state index in [-0.39, 0.29) is 47.4 Å². The molecule has 2 amide bonds. The minimum Gasteiger partial charge on any atom is -0.462 e. The molecule has 9 nitrogen and oxygen atoms in total. The average molecular weight is 440 g/mol. The number of amides is 2. The van der Waals surface area contributed by atoms with E-state index in [9.17, 15) is 22.8 Å². The first-order valence-electron chi connectivity index (χ1n) is 8.82. The molecule has 3 heterocycles. The van der Waals surface area contributed by atoms with E-state index in [0.29, 0.717) is 10.4 Å². The predicted molar refractivity (Wildman–Crippen MR) is 106 cm³/mol. The number of furan rings is 1. The van der Waals surface area contributed by atoms with E-state index in [1.165, 1.54) is 24.3 Å². The zero-order chi connectivity index (χ0) is 21.2. The molecule has 0 bridgehead atoms. The van der Waals surface area contributed by atoms with Crippen molar-refractivity contribution >= 4 is 44.0 Å². The lowest BCUT2D eigenvalue weighted by Gasteiger charge is -2.15. The van der Waals surface area contributed by atoms with Crippen LogP contribution in [0.4, 0.5) is 5.00 Å². The molecule has 3 rings (SSSR count). The summed E-state index contributed by atoms with van der Waals surface area (Å²) in [5, 5.41) is 2.86. The van der Waals surface area contributed by atoms with Crippen molar-refractivity contribution in [2.45, 2.75) is 19.1 Å². The lowest BCUT2D eigenvalue weighted by atomic mass is 10.1. The zero-order valence-corrected chi connectivity index (χ0v) is 17.5. The monoisotopic (exact) mass is 440 g/mol. The van der Waals surface area contributed by atoms with Crippen LogP contribution in [0.1, 0.15) is 38.3 Å². The number of carbonyl (C=O) groups excluding carboxylic acids is 3. The Hall–Kier alpha value is -2.66. The summed E-state index contributed by atoms with van der Waals surface area (Å²) in [6.45, 7) is 1.53. The van der Waals surface area contributed by atoms with Crippen molar-refractivity contribution in [2.75, 3.05) is 31.3 Å². The summed E-state index contributed by atoms with van der Waals surface area (Å²) in [6.07, 6.45) is 1.55. The molecule has 1 N–H and O–H groups in total. The molecule has 1 aliphatic heterocycles. The van der Waals surface area contributed by atoms with Gasteiger partial charge in [0.05, 0.1) is 36.5 Å². The summed E-state index contributed by atoms with van der Waals surface area (Å²) in [5.74, 6) is -1.74. The van der Waals surface area contributed by atoms with E-state index in [0.717, 1.165) is 11.3 Å². The van der Waals surface area contributed by atoms with Gasteiger partial charge in [-0.2, -0.15) is 0 Å². The van der Waals surface area contributed by atoms with E-state index >= 15 is 0 Å². The third-order valence-corrected chi connectivity index (χ3v) is 7.18. The molecule has 0 aromatic carbocycles. The zero-order valence-electron chi connectivity index (χ0n) is 15.9. The van der Waals surface area contributed by atoms with Crippen LogP contribution in [0.15, 0.2) is 22.8 Å². The third-order valence-electron chi connectivity index (χ3n) is 4.30. The highest BCUT2D eigenvalue weighted by Gasteiger charge is 2.32. The fraction of sp³-hybridized carbons (Fsp3) is 0.389. The summed E-state index contributed by atoms with van der Waals surface area (Å²) in [5.41, 5.74) is 0.786. The van der Waals surface area contributed by atoms with Gasteiger partial charge in [-0.15, -0.1) is 11.3 Å². The molecule has 29 heavy (non-hydrogen) atoms. The molecule has 2 aromatic rings. The van der Waals surface area contributed by atoms with Crippen LogP contribution in [0.3, 0.4) is 0 Å². The van der Waals surface area contributed by atoms with Crippen molar-refractivity contribution in [1.82, 2.24) is 4.90 Å². The standard InChI is InChI=1S/C18H20N2O7S2/c1-3-26-18(23)15-11-6-8-29(24,25)10-13(11)28-16(15)19-14(21)9-20(2)17(22)12-5-4-7-27-12/h4-5,7H,3,6,8-10H2,1-2H3,(H,19,21). The molecule has 11 heteroatoms. The quantitative estimate of drug-likeness (QED) is 0.678. The van der Waals surface area contributed by atoms with Gasteiger partial charge in [0.1, 0.15) is 5.00 Å². The van der Waals surface area contributed by atoms with Gasteiger partial charge in [0.25, 0.3) is 5.91 Å². The molecule has 0 fully saturated rings. The maximum Gasteiger partial charge on any atom is 0.341 e. The van der Waals surface area contributed by atoms with Gasteiger partial charge < -0.3 is 19.4 Å². The van der Waals surface area contributed by atoms with E-state index in [4.69, 9.17) is 9.15 Å². The summed E-state index contributed by atoms with van der Waals surface area (Å²) in [4.78, 5) is 38.8. The lowest BCUT2D eigenvalue weighted by molar-refractivity contribution is -0.116. The number of sulfone groups is 1. The fourth-order valence-corrected chi connectivity index (χ4v) is 6.03. The van der Waals surface area contributed by atoms with Crippen LogP contribution in [0.2, 0.25) is 0 Å². The number of ether oxygens (including phenoxy) is 1. The van der Waals surface area contributed by atoms with Gasteiger partial charge in [0.15, 0.2) is 15.6 Å². The highest BCUT2D eigenvalue weighted by Crippen LogP contribution is 2.38. The van der Waals surface area contributed by atoms with Crippen molar-refractivity contribution in [2.24, 2.45) is 0 Å². The largest absolute Gasteiger partial charge is 0.462 e. The normalized spacial score (nSPS) is 14.7. The molecule has 0 saturated heterocycles. The smallest absolute Gasteiger partial charge is 0.341 e. The molecule has 0 aliphatic carbocycles. The number of anilines is 1. The number of carbonyl (C=O) groups is 3. The number of fused-ring (bicyclic) bond motifs is 1. The van der Waals surface area contributed by atoms with Gasteiger partial charge >= 0.3 is 5.97 Å². The number of nitrogens with one attached hydrogen (secondary N) is 1. The molecular weight excluding hydrogens is 420 g/mol. The fourth-order valence-electron chi connectivity index (χ4n) is 2.97. The van der Waals surface area contributed by atoms with Crippen LogP contribution in [-0.2, 0) is 31.5 Å². The van der Waals surface area contributed by atoms with Gasteiger partial charge in [0.2, 0.25) is 5.91 Å². The van der Waals surface area contributed by atoms with E-state index in [1.807, 2.05) is 0 Å². The van der Waals surface area contributed by atoms with Gasteiger partial charge in [-0.3, -0.25) is 9.59 Å². The number of esters is 1. The number of thiophene rings is 1. The Kier molecular flexibility index (Phi) is 6.08. The van der Waals surface area contributed by atoms with Crippen molar-refractivity contribution in [1.29, 1.82) is 0 Å². The second kappa shape index (κ2) is 8.37. The van der Waals surface area contributed by atoms with Crippen molar-refractivity contribution in [3.8, 4) is 0 Å². The minimum absolute atomic E-state index is 0.0586. The number of likely N-dealkylation sites (N-methyl/N-ethyl adjacent to an activating group) is 1. The van der Waals surface area contributed by atoms with Gasteiger partial charge in [0, 0.05) is 11.9 Å². The van der Waals surface area contributed by atoms with Gasteiger partial charge in [-0.1, -0.05) is 0 Å². The predicted octanol–water partition coefficient (Wildman–Crippen LogP) is 1.70. The van der Waals surface area contributed by atoms with Crippen LogP contribution in [0.25, 0.3) is 0 Å². The highest BCUT2D eigenvalue weighted by molar-refractivity contribution is 7.90. The third kappa shape index (κ3) is 4.67. The molecule has 0 unspecified atom stereocenters. The van der Waals surface area contributed by atoms with Crippen molar-refractivity contribution in [3.63, 3.8) is 0 Å². The molecule has 2 aromatic heterocycles. The summed E-state index contributed by atoms with van der Waals surface area (Å²) < 4.78 is 34.0. The lowest BCUT2D eigenvalue weighted by Crippen LogP contribution is -2.34. The first-order valence-corrected chi connectivity index (χ1v) is 11.5. The maximum absolute atomic E-state index is 12.5. The Balaban J connectivity index is 1.80. The van der Waals surface area contributed by atoms with Crippen LogP contribution in [-0.4, -0.2) is 57.1 Å². The summed E-state index contributed by atoms with van der Waals surface area (Å²) in [7, 11) is -1.79. The van der Waals surface area contributed by atoms with Crippen molar-refractivity contribution < 1.29 is 32.0 Å². The molecule has 0 atom stereocenters. The SMILES string of the molecule is CCOC(=O)c1c(NC(=O)CN(C)C(=O)c2ccco2)sc2c1CCS(=O)(=O)C2. The van der Waals surface area contributed by atoms with Crippen LogP contribution in [0.5, 0.6) is 0 Å². The van der Waals surface area contributed by atoms with Crippen LogP contribution >= 0.6 is 11.3 Å². The Bertz CT molecular complexity index is 1040. The maximum atomic E-state index is 12.5. The van der Waals surface area contributed by atoms with Crippen molar-refractivity contribution in [3.05, 3.63) is 40.2 Å². The molecule has 0 saturated carbocycles. The Morgan fingerprint density at radius 2 is 2.10 bits per heavy atom. The van der Waals surface area contributed by atoms with Crippen LogP contribution < -0.4 is 5.32 Å². The first-order chi connectivity index (χ1) is 13.7. The number of rotatable bonds is 6. The Morgan fingerprint density at radius 1 is 1.34 bits per heavy atom. The number of nitrogens with zero attached hydrogens (tertiary/aromatic N) is 1. The molecule has 0 radical (unpaired) electrons. The van der Waals surface area contributed by atoms with E-state index < -0.39 is 27.6 Å². The Morgan fingerprint density at radius 3 is 2.76 bits per heavy atom. The average Bonchev–Trinajstić information content (AvgIpc) is 3.27. The van der Waals surface area contributed by atoms with E-state index in [1.54, 1.807) is 13.0 Å². The van der Waals surface area contributed by atoms with E-state index in [2.05, 4.69) is 5.32 Å².